The molecule has 0 heterocycles. The number of nitrogens with two attached hydrogens (primary N) is 1. The van der Waals surface area contributed by atoms with Crippen molar-refractivity contribution in [1.82, 2.24) is 4.90 Å². The first-order chi connectivity index (χ1) is 8.49. The van der Waals surface area contributed by atoms with Crippen molar-refractivity contribution in [3.05, 3.63) is 34.3 Å². The summed E-state index contributed by atoms with van der Waals surface area (Å²) < 4.78 is 0. The number of thiocarbonyl (C=S) groups is 1. The standard InChI is InChI=1S/C14H21ClN2S/c1-4-10(3)17(5-2)9-12-7-6-11(14(16)18)8-13(12)15/h6-8,10H,4-5,9H2,1-3H3,(H2,16,18). The molecule has 2 N–H and O–H groups in total. The molecular formula is C14H21ClN2S. The average molecular weight is 285 g/mol. The molecule has 0 aliphatic carbocycles. The Morgan fingerprint density at radius 1 is 1.44 bits per heavy atom. The van der Waals surface area contributed by atoms with E-state index in [4.69, 9.17) is 29.6 Å². The van der Waals surface area contributed by atoms with Gasteiger partial charge in [-0.15, -0.1) is 0 Å². The van der Waals surface area contributed by atoms with E-state index in [1.54, 1.807) is 0 Å². The van der Waals surface area contributed by atoms with Crippen LogP contribution in [0.4, 0.5) is 0 Å². The van der Waals surface area contributed by atoms with Crippen molar-refractivity contribution >= 4 is 28.8 Å². The molecule has 0 bridgehead atoms. The molecule has 0 amide bonds. The van der Waals surface area contributed by atoms with Gasteiger partial charge >= 0.3 is 0 Å². The Labute approximate surface area is 120 Å². The summed E-state index contributed by atoms with van der Waals surface area (Å²) in [6, 6.07) is 6.36. The van der Waals surface area contributed by atoms with Gasteiger partial charge in [0.2, 0.25) is 0 Å². The highest BCUT2D eigenvalue weighted by atomic mass is 35.5. The third kappa shape index (κ3) is 3.94. The molecule has 1 atom stereocenters. The number of hydrogen-bond acceptors (Lipinski definition) is 2. The van der Waals surface area contributed by atoms with E-state index in [-0.39, 0.29) is 0 Å². The maximum Gasteiger partial charge on any atom is 0.104 e. The zero-order chi connectivity index (χ0) is 13.7. The van der Waals surface area contributed by atoms with Gasteiger partial charge < -0.3 is 5.73 Å². The highest BCUT2D eigenvalue weighted by Gasteiger charge is 2.12. The van der Waals surface area contributed by atoms with Crippen LogP contribution in [0.3, 0.4) is 0 Å². The Kier molecular flexibility index (Phi) is 6.06. The predicted octanol–water partition coefficient (Wildman–Crippen LogP) is 3.59. The Bertz CT molecular complexity index is 420. The van der Waals surface area contributed by atoms with E-state index in [9.17, 15) is 0 Å². The van der Waals surface area contributed by atoms with Crippen molar-refractivity contribution in [2.24, 2.45) is 5.73 Å². The summed E-state index contributed by atoms with van der Waals surface area (Å²) >= 11 is 11.2. The number of halogens is 1. The van der Waals surface area contributed by atoms with E-state index in [2.05, 4.69) is 25.7 Å². The summed E-state index contributed by atoms with van der Waals surface area (Å²) in [5.74, 6) is 0. The highest BCUT2D eigenvalue weighted by Crippen LogP contribution is 2.21. The van der Waals surface area contributed by atoms with E-state index < -0.39 is 0 Å². The summed E-state index contributed by atoms with van der Waals surface area (Å²) in [6.45, 7) is 8.49. The molecule has 0 aliphatic rings. The maximum absolute atomic E-state index is 6.28. The Morgan fingerprint density at radius 2 is 2.11 bits per heavy atom. The Balaban J connectivity index is 2.87. The van der Waals surface area contributed by atoms with Crippen LogP contribution in [-0.4, -0.2) is 22.5 Å². The lowest BCUT2D eigenvalue weighted by molar-refractivity contribution is 0.206. The Morgan fingerprint density at radius 3 is 2.56 bits per heavy atom. The van der Waals surface area contributed by atoms with Gasteiger partial charge in [0.25, 0.3) is 0 Å². The summed E-state index contributed by atoms with van der Waals surface area (Å²) in [6.07, 6.45) is 1.14. The molecule has 0 fully saturated rings. The lowest BCUT2D eigenvalue weighted by Gasteiger charge is -2.27. The van der Waals surface area contributed by atoms with Gasteiger partial charge in [-0.05, 0) is 31.5 Å². The zero-order valence-corrected chi connectivity index (χ0v) is 12.8. The van der Waals surface area contributed by atoms with Crippen LogP contribution in [0.5, 0.6) is 0 Å². The molecule has 0 aliphatic heterocycles. The van der Waals surface area contributed by atoms with E-state index in [1.165, 1.54) is 0 Å². The second-order valence-corrected chi connectivity index (χ2v) is 5.34. The molecule has 0 saturated heterocycles. The molecule has 1 unspecified atom stereocenters. The molecule has 100 valence electrons. The van der Waals surface area contributed by atoms with Gasteiger partial charge in [0, 0.05) is 23.2 Å². The molecule has 0 saturated carbocycles. The summed E-state index contributed by atoms with van der Waals surface area (Å²) in [4.78, 5) is 2.79. The first kappa shape index (κ1) is 15.4. The molecule has 1 aromatic carbocycles. The summed E-state index contributed by atoms with van der Waals surface area (Å²) in [5, 5.41) is 0.738. The molecule has 1 aromatic rings. The quantitative estimate of drug-likeness (QED) is 0.810. The van der Waals surface area contributed by atoms with E-state index in [0.717, 1.165) is 35.7 Å². The van der Waals surface area contributed by atoms with Crippen LogP contribution < -0.4 is 5.73 Å². The van der Waals surface area contributed by atoms with Crippen molar-refractivity contribution in [2.75, 3.05) is 6.54 Å². The van der Waals surface area contributed by atoms with Crippen molar-refractivity contribution < 1.29 is 0 Å². The van der Waals surface area contributed by atoms with Gasteiger partial charge in [-0.25, -0.2) is 0 Å². The minimum Gasteiger partial charge on any atom is -0.389 e. The summed E-state index contributed by atoms with van der Waals surface area (Å²) in [7, 11) is 0. The van der Waals surface area contributed by atoms with E-state index in [0.29, 0.717) is 11.0 Å². The number of hydrogen-bond donors (Lipinski definition) is 1. The molecule has 18 heavy (non-hydrogen) atoms. The van der Waals surface area contributed by atoms with Crippen molar-refractivity contribution in [3.8, 4) is 0 Å². The molecule has 0 aromatic heterocycles. The molecule has 4 heteroatoms. The lowest BCUT2D eigenvalue weighted by Crippen LogP contribution is -2.31. The van der Waals surface area contributed by atoms with Crippen LogP contribution in [-0.2, 0) is 6.54 Å². The third-order valence-electron chi connectivity index (χ3n) is 3.33. The minimum absolute atomic E-state index is 0.387. The highest BCUT2D eigenvalue weighted by molar-refractivity contribution is 7.80. The van der Waals surface area contributed by atoms with Gasteiger partial charge in [-0.1, -0.05) is 49.8 Å². The number of nitrogens with zero attached hydrogens (tertiary/aromatic N) is 1. The van der Waals surface area contributed by atoms with Gasteiger partial charge in [0.05, 0.1) is 0 Å². The second-order valence-electron chi connectivity index (χ2n) is 4.49. The van der Waals surface area contributed by atoms with Crippen molar-refractivity contribution in [2.45, 2.75) is 39.8 Å². The smallest absolute Gasteiger partial charge is 0.104 e. The lowest BCUT2D eigenvalue weighted by atomic mass is 10.1. The summed E-state index contributed by atoms with van der Waals surface area (Å²) in [5.41, 5.74) is 7.54. The first-order valence-corrected chi connectivity index (χ1v) is 7.10. The molecule has 0 spiro atoms. The number of benzene rings is 1. The molecule has 1 rings (SSSR count). The van der Waals surface area contributed by atoms with Crippen LogP contribution in [0.1, 0.15) is 38.3 Å². The monoisotopic (exact) mass is 284 g/mol. The topological polar surface area (TPSA) is 29.3 Å². The molecule has 0 radical (unpaired) electrons. The van der Waals surface area contributed by atoms with Crippen LogP contribution >= 0.6 is 23.8 Å². The maximum atomic E-state index is 6.28. The van der Waals surface area contributed by atoms with Gasteiger partial charge in [-0.3, -0.25) is 4.90 Å². The molecular weight excluding hydrogens is 264 g/mol. The normalized spacial score (nSPS) is 12.7. The SMILES string of the molecule is CCC(C)N(CC)Cc1ccc(C(N)=S)cc1Cl. The van der Waals surface area contributed by atoms with Gasteiger partial charge in [0.15, 0.2) is 0 Å². The van der Waals surface area contributed by atoms with E-state index in [1.807, 2.05) is 18.2 Å². The van der Waals surface area contributed by atoms with Crippen molar-refractivity contribution in [3.63, 3.8) is 0 Å². The van der Waals surface area contributed by atoms with Crippen molar-refractivity contribution in [1.29, 1.82) is 0 Å². The van der Waals surface area contributed by atoms with Crippen LogP contribution in [0, 0.1) is 0 Å². The number of rotatable bonds is 6. The first-order valence-electron chi connectivity index (χ1n) is 6.31. The van der Waals surface area contributed by atoms with Crippen LogP contribution in [0.15, 0.2) is 18.2 Å². The minimum atomic E-state index is 0.387. The largest absolute Gasteiger partial charge is 0.389 e. The Hall–Kier alpha value is -0.640. The fourth-order valence-corrected chi connectivity index (χ4v) is 2.25. The second kappa shape index (κ2) is 7.07. The predicted molar refractivity (Wildman–Crippen MR) is 83.2 cm³/mol. The fourth-order valence-electron chi connectivity index (χ4n) is 1.89. The zero-order valence-electron chi connectivity index (χ0n) is 11.2. The average Bonchev–Trinajstić information content (AvgIpc) is 2.36. The van der Waals surface area contributed by atoms with Gasteiger partial charge in [-0.2, -0.15) is 0 Å². The third-order valence-corrected chi connectivity index (χ3v) is 3.92. The van der Waals surface area contributed by atoms with Crippen LogP contribution in [0.25, 0.3) is 0 Å². The van der Waals surface area contributed by atoms with Gasteiger partial charge in [0.1, 0.15) is 4.99 Å². The van der Waals surface area contributed by atoms with Crippen LogP contribution in [0.2, 0.25) is 5.02 Å². The van der Waals surface area contributed by atoms with E-state index >= 15 is 0 Å². The fraction of sp³-hybridized carbons (Fsp3) is 0.500. The molecule has 2 nitrogen and oxygen atoms in total.